The van der Waals surface area contributed by atoms with E-state index in [1.807, 2.05) is 0 Å². The van der Waals surface area contributed by atoms with Gasteiger partial charge in [-0.05, 0) is 26.0 Å². The molecular weight excluding hydrogens is 308 g/mol. The maximum Gasteiger partial charge on any atom is 0.290 e. The molecule has 0 aromatic heterocycles. The molecule has 0 fully saturated rings. The number of likely N-dealkylation sites (N-methyl/N-ethyl adjacent to an activating group) is 1. The lowest BCUT2D eigenvalue weighted by Gasteiger charge is -2.24. The van der Waals surface area contributed by atoms with Crippen LogP contribution in [0.3, 0.4) is 0 Å². The molecule has 1 N–H and O–H groups in total. The number of hydrogen-bond donors (Lipinski definition) is 1. The van der Waals surface area contributed by atoms with E-state index in [4.69, 9.17) is 11.6 Å². The number of hydrogen-bond acceptors (Lipinski definition) is 5. The van der Waals surface area contributed by atoms with Crippen molar-refractivity contribution < 1.29 is 18.4 Å². The minimum absolute atomic E-state index is 0.0702. The van der Waals surface area contributed by atoms with E-state index in [0.717, 1.165) is 16.4 Å². The third-order valence-electron chi connectivity index (χ3n) is 2.42. The van der Waals surface area contributed by atoms with Crippen molar-refractivity contribution >= 4 is 27.3 Å². The van der Waals surface area contributed by atoms with Gasteiger partial charge in [-0.3, -0.25) is 10.1 Å². The van der Waals surface area contributed by atoms with Crippen molar-refractivity contribution in [3.63, 3.8) is 0 Å². The van der Waals surface area contributed by atoms with Crippen molar-refractivity contribution in [2.45, 2.75) is 24.3 Å². The third kappa shape index (κ3) is 3.89. The highest BCUT2D eigenvalue weighted by Crippen LogP contribution is 2.29. The maximum absolute atomic E-state index is 12.3. The fourth-order valence-corrected chi connectivity index (χ4v) is 3.27. The quantitative estimate of drug-likeness (QED) is 0.656. The summed E-state index contributed by atoms with van der Waals surface area (Å²) in [5.74, 6) is 0. The summed E-state index contributed by atoms with van der Waals surface area (Å²) in [5.41, 5.74) is -1.86. The van der Waals surface area contributed by atoms with Crippen LogP contribution < -0.4 is 0 Å². The summed E-state index contributed by atoms with van der Waals surface area (Å²) in [6, 6.07) is 3.32. The molecule has 0 saturated heterocycles. The Bertz CT molecular complexity index is 624. The van der Waals surface area contributed by atoms with E-state index in [0.29, 0.717) is 0 Å². The number of nitro groups is 1. The standard InChI is InChI=1S/C11H15ClN2O5S/c1-11(2,15)7-13(3)20(18,19)10-5-4-8(12)6-9(10)14(16)17/h4-6,15H,7H2,1-3H3. The van der Waals surface area contributed by atoms with E-state index in [9.17, 15) is 23.6 Å². The second kappa shape index (κ2) is 5.65. The van der Waals surface area contributed by atoms with Crippen LogP contribution in [0.2, 0.25) is 5.02 Å². The molecule has 1 aromatic rings. The predicted octanol–water partition coefficient (Wildman–Crippen LogP) is 1.64. The Morgan fingerprint density at radius 2 is 2.00 bits per heavy atom. The molecule has 1 rings (SSSR count). The molecule has 20 heavy (non-hydrogen) atoms. The predicted molar refractivity (Wildman–Crippen MR) is 74.2 cm³/mol. The van der Waals surface area contributed by atoms with Crippen LogP contribution in [0.15, 0.2) is 23.1 Å². The first kappa shape index (κ1) is 16.8. The molecule has 0 bridgehead atoms. The molecule has 7 nitrogen and oxygen atoms in total. The summed E-state index contributed by atoms with van der Waals surface area (Å²) in [6.45, 7) is 2.68. The Labute approximate surface area is 122 Å². The molecule has 0 aliphatic heterocycles. The lowest BCUT2D eigenvalue weighted by atomic mass is 10.1. The van der Waals surface area contributed by atoms with Gasteiger partial charge in [0.15, 0.2) is 4.90 Å². The molecule has 0 radical (unpaired) electrons. The first-order valence-electron chi connectivity index (χ1n) is 5.58. The molecule has 0 aliphatic carbocycles. The van der Waals surface area contributed by atoms with Crippen molar-refractivity contribution in [1.29, 1.82) is 0 Å². The summed E-state index contributed by atoms with van der Waals surface area (Å²) >= 11 is 5.64. The van der Waals surface area contributed by atoms with Gasteiger partial charge < -0.3 is 5.11 Å². The summed E-state index contributed by atoms with van der Waals surface area (Å²) in [4.78, 5) is 9.67. The molecule has 0 unspecified atom stereocenters. The first-order valence-corrected chi connectivity index (χ1v) is 7.39. The Hall–Kier alpha value is -1.22. The van der Waals surface area contributed by atoms with Crippen molar-refractivity contribution in [3.05, 3.63) is 33.3 Å². The fraction of sp³-hybridized carbons (Fsp3) is 0.455. The zero-order valence-electron chi connectivity index (χ0n) is 11.2. The summed E-state index contributed by atoms with van der Waals surface area (Å²) in [5, 5.41) is 20.7. The first-order chi connectivity index (χ1) is 8.95. The van der Waals surface area contributed by atoms with Crippen LogP contribution in [-0.4, -0.2) is 41.9 Å². The highest BCUT2D eigenvalue weighted by molar-refractivity contribution is 7.89. The SMILES string of the molecule is CN(CC(C)(C)O)S(=O)(=O)c1ccc(Cl)cc1[N+](=O)[O-]. The van der Waals surface area contributed by atoms with Crippen LogP contribution in [0.4, 0.5) is 5.69 Å². The Morgan fingerprint density at radius 3 is 2.45 bits per heavy atom. The monoisotopic (exact) mass is 322 g/mol. The Balaban J connectivity index is 3.32. The molecule has 0 amide bonds. The van der Waals surface area contributed by atoms with Gasteiger partial charge in [-0.15, -0.1) is 0 Å². The van der Waals surface area contributed by atoms with Crippen LogP contribution in [-0.2, 0) is 10.0 Å². The maximum atomic E-state index is 12.3. The third-order valence-corrected chi connectivity index (χ3v) is 4.50. The lowest BCUT2D eigenvalue weighted by Crippen LogP contribution is -2.39. The van der Waals surface area contributed by atoms with Gasteiger partial charge in [-0.2, -0.15) is 4.31 Å². The van der Waals surface area contributed by atoms with Gasteiger partial charge in [0.1, 0.15) is 0 Å². The van der Waals surface area contributed by atoms with Crippen LogP contribution in [0.25, 0.3) is 0 Å². The molecule has 0 heterocycles. The molecule has 0 atom stereocenters. The second-order valence-electron chi connectivity index (χ2n) is 4.94. The van der Waals surface area contributed by atoms with E-state index in [1.54, 1.807) is 0 Å². The van der Waals surface area contributed by atoms with Gasteiger partial charge >= 0.3 is 0 Å². The molecule has 1 aromatic carbocycles. The Kier molecular flexibility index (Phi) is 4.75. The largest absolute Gasteiger partial charge is 0.389 e. The molecule has 9 heteroatoms. The van der Waals surface area contributed by atoms with Crippen molar-refractivity contribution in [3.8, 4) is 0 Å². The minimum Gasteiger partial charge on any atom is -0.389 e. The number of benzene rings is 1. The van der Waals surface area contributed by atoms with Crippen LogP contribution in [0.1, 0.15) is 13.8 Å². The average Bonchev–Trinajstić information content (AvgIpc) is 2.25. The summed E-state index contributed by atoms with van der Waals surface area (Å²) in [7, 11) is -2.85. The van der Waals surface area contributed by atoms with Gasteiger partial charge in [-0.1, -0.05) is 11.6 Å². The van der Waals surface area contributed by atoms with Crippen LogP contribution in [0, 0.1) is 10.1 Å². The topological polar surface area (TPSA) is 101 Å². The number of nitro benzene ring substituents is 1. The smallest absolute Gasteiger partial charge is 0.290 e. The fourth-order valence-electron chi connectivity index (χ4n) is 1.65. The second-order valence-corrected chi connectivity index (χ2v) is 7.39. The number of aliphatic hydroxyl groups is 1. The van der Waals surface area contributed by atoms with Gasteiger partial charge in [0, 0.05) is 24.7 Å². The van der Waals surface area contributed by atoms with Crippen molar-refractivity contribution in [2.24, 2.45) is 0 Å². The van der Waals surface area contributed by atoms with Gasteiger partial charge in [-0.25, -0.2) is 8.42 Å². The van der Waals surface area contributed by atoms with Crippen molar-refractivity contribution in [1.82, 2.24) is 4.31 Å². The van der Waals surface area contributed by atoms with Crippen LogP contribution in [0.5, 0.6) is 0 Å². The number of sulfonamides is 1. The molecule has 112 valence electrons. The highest BCUT2D eigenvalue weighted by atomic mass is 35.5. The van der Waals surface area contributed by atoms with Crippen LogP contribution >= 0.6 is 11.6 Å². The Morgan fingerprint density at radius 1 is 1.45 bits per heavy atom. The van der Waals surface area contributed by atoms with E-state index in [2.05, 4.69) is 0 Å². The summed E-state index contributed by atoms with van der Waals surface area (Å²) < 4.78 is 25.5. The summed E-state index contributed by atoms with van der Waals surface area (Å²) in [6.07, 6.45) is 0. The zero-order chi connectivity index (χ0) is 15.7. The van der Waals surface area contributed by atoms with E-state index in [1.165, 1.54) is 27.0 Å². The van der Waals surface area contributed by atoms with Crippen molar-refractivity contribution in [2.75, 3.05) is 13.6 Å². The molecule has 0 spiro atoms. The molecule has 0 saturated carbocycles. The zero-order valence-corrected chi connectivity index (χ0v) is 12.8. The molecular formula is C11H15ClN2O5S. The van der Waals surface area contributed by atoms with E-state index < -0.39 is 31.1 Å². The average molecular weight is 323 g/mol. The number of rotatable bonds is 5. The van der Waals surface area contributed by atoms with Gasteiger partial charge in [0.2, 0.25) is 10.0 Å². The number of halogens is 1. The van der Waals surface area contributed by atoms with Gasteiger partial charge in [0.05, 0.1) is 10.5 Å². The lowest BCUT2D eigenvalue weighted by molar-refractivity contribution is -0.387. The van der Waals surface area contributed by atoms with E-state index in [-0.39, 0.29) is 11.6 Å². The number of nitrogens with zero attached hydrogens (tertiary/aromatic N) is 2. The molecule has 0 aliphatic rings. The van der Waals surface area contributed by atoms with Gasteiger partial charge in [0.25, 0.3) is 5.69 Å². The normalized spacial score (nSPS) is 12.7. The van der Waals surface area contributed by atoms with E-state index >= 15 is 0 Å². The highest BCUT2D eigenvalue weighted by Gasteiger charge is 2.32. The minimum atomic E-state index is -4.09.